The smallest absolute Gasteiger partial charge is 0.253 e. The van der Waals surface area contributed by atoms with Crippen LogP contribution in [0.3, 0.4) is 0 Å². The molecule has 0 saturated heterocycles. The van der Waals surface area contributed by atoms with Gasteiger partial charge in [0.1, 0.15) is 0 Å². The van der Waals surface area contributed by atoms with E-state index in [4.69, 9.17) is 9.15 Å². The minimum absolute atomic E-state index is 0.0925. The van der Waals surface area contributed by atoms with E-state index in [0.717, 1.165) is 10.8 Å². The van der Waals surface area contributed by atoms with Gasteiger partial charge in [-0.25, -0.2) is 0 Å². The van der Waals surface area contributed by atoms with Crippen LogP contribution in [-0.4, -0.2) is 15.3 Å². The highest BCUT2D eigenvalue weighted by atomic mass is 16.5. The van der Waals surface area contributed by atoms with Crippen LogP contribution in [0.15, 0.2) is 40.8 Å². The number of hydrogen-bond donors (Lipinski definition) is 1. The predicted octanol–water partition coefficient (Wildman–Crippen LogP) is 2.82. The maximum absolute atomic E-state index is 9.90. The standard InChI is InChI=1S/C14H12N2O3/c1-9-15-16-14(19-9)8-18-13-7-11-5-3-2-4-10(11)6-12(13)17/h2-7,17H,8H2,1H3. The molecule has 1 aromatic heterocycles. The van der Waals surface area contributed by atoms with Gasteiger partial charge in [-0.3, -0.25) is 0 Å². The van der Waals surface area contributed by atoms with Gasteiger partial charge < -0.3 is 14.3 Å². The van der Waals surface area contributed by atoms with Crippen LogP contribution in [0.4, 0.5) is 0 Å². The Balaban J connectivity index is 1.86. The van der Waals surface area contributed by atoms with Crippen molar-refractivity contribution in [1.82, 2.24) is 10.2 Å². The average molecular weight is 256 g/mol. The van der Waals surface area contributed by atoms with Gasteiger partial charge in [0.05, 0.1) is 0 Å². The quantitative estimate of drug-likeness (QED) is 0.780. The predicted molar refractivity (Wildman–Crippen MR) is 69.0 cm³/mol. The molecule has 5 nitrogen and oxygen atoms in total. The molecule has 96 valence electrons. The first kappa shape index (κ1) is 11.5. The minimum Gasteiger partial charge on any atom is -0.504 e. The van der Waals surface area contributed by atoms with Crippen molar-refractivity contribution < 1.29 is 14.3 Å². The monoisotopic (exact) mass is 256 g/mol. The number of rotatable bonds is 3. The highest BCUT2D eigenvalue weighted by Gasteiger charge is 2.08. The lowest BCUT2D eigenvalue weighted by molar-refractivity contribution is 0.250. The Morgan fingerprint density at radius 3 is 2.58 bits per heavy atom. The first-order chi connectivity index (χ1) is 9.22. The summed E-state index contributed by atoms with van der Waals surface area (Å²) >= 11 is 0. The Morgan fingerprint density at radius 2 is 1.89 bits per heavy atom. The molecule has 19 heavy (non-hydrogen) atoms. The molecule has 0 bridgehead atoms. The average Bonchev–Trinajstić information content (AvgIpc) is 2.82. The summed E-state index contributed by atoms with van der Waals surface area (Å²) in [5, 5.41) is 19.4. The van der Waals surface area contributed by atoms with Crippen LogP contribution in [0.25, 0.3) is 10.8 Å². The summed E-state index contributed by atoms with van der Waals surface area (Å²) in [6.45, 7) is 1.84. The first-order valence-corrected chi connectivity index (χ1v) is 5.86. The van der Waals surface area contributed by atoms with Gasteiger partial charge in [-0.1, -0.05) is 24.3 Å². The van der Waals surface area contributed by atoms with Gasteiger partial charge in [-0.05, 0) is 22.9 Å². The molecule has 0 radical (unpaired) electrons. The molecule has 0 aliphatic carbocycles. The summed E-state index contributed by atoms with van der Waals surface area (Å²) in [6, 6.07) is 11.2. The summed E-state index contributed by atoms with van der Waals surface area (Å²) in [6.07, 6.45) is 0. The molecule has 0 aliphatic rings. The van der Waals surface area contributed by atoms with Crippen molar-refractivity contribution in [2.24, 2.45) is 0 Å². The highest BCUT2D eigenvalue weighted by molar-refractivity contribution is 5.85. The summed E-state index contributed by atoms with van der Waals surface area (Å²) in [4.78, 5) is 0. The van der Waals surface area contributed by atoms with Crippen LogP contribution in [-0.2, 0) is 6.61 Å². The molecule has 0 saturated carbocycles. The number of nitrogens with zero attached hydrogens (tertiary/aromatic N) is 2. The molecule has 0 amide bonds. The van der Waals surface area contributed by atoms with Crippen molar-refractivity contribution in [2.75, 3.05) is 0 Å². The molecule has 0 atom stereocenters. The molecule has 2 aromatic carbocycles. The van der Waals surface area contributed by atoms with Crippen molar-refractivity contribution in [1.29, 1.82) is 0 Å². The molecule has 1 heterocycles. The fourth-order valence-electron chi connectivity index (χ4n) is 1.86. The lowest BCUT2D eigenvalue weighted by atomic mass is 10.1. The largest absolute Gasteiger partial charge is 0.504 e. The zero-order valence-corrected chi connectivity index (χ0v) is 10.3. The molecule has 1 N–H and O–H groups in total. The second kappa shape index (κ2) is 4.61. The fourth-order valence-corrected chi connectivity index (χ4v) is 1.86. The Labute approximate surface area is 109 Å². The third kappa shape index (κ3) is 2.35. The molecular weight excluding hydrogens is 244 g/mol. The van der Waals surface area contributed by atoms with Gasteiger partial charge in [-0.2, -0.15) is 0 Å². The molecule has 3 aromatic rings. The van der Waals surface area contributed by atoms with E-state index in [2.05, 4.69) is 10.2 Å². The summed E-state index contributed by atoms with van der Waals surface area (Å²) in [5.41, 5.74) is 0. The molecule has 5 heteroatoms. The summed E-state index contributed by atoms with van der Waals surface area (Å²) < 4.78 is 10.7. The number of phenols is 1. The van der Waals surface area contributed by atoms with Crippen LogP contribution in [0, 0.1) is 6.92 Å². The zero-order valence-electron chi connectivity index (χ0n) is 10.3. The number of fused-ring (bicyclic) bond motifs is 1. The third-order valence-electron chi connectivity index (χ3n) is 2.75. The number of aryl methyl sites for hydroxylation is 1. The van der Waals surface area contributed by atoms with Crippen molar-refractivity contribution in [3.8, 4) is 11.5 Å². The number of benzene rings is 2. The van der Waals surface area contributed by atoms with Gasteiger partial charge in [0, 0.05) is 6.92 Å². The maximum atomic E-state index is 9.90. The Hall–Kier alpha value is -2.56. The van der Waals surface area contributed by atoms with E-state index in [-0.39, 0.29) is 12.4 Å². The Kier molecular flexibility index (Phi) is 2.79. The van der Waals surface area contributed by atoms with Gasteiger partial charge >= 0.3 is 0 Å². The number of hydrogen-bond acceptors (Lipinski definition) is 5. The molecule has 0 aliphatic heterocycles. The van der Waals surface area contributed by atoms with Crippen molar-refractivity contribution in [2.45, 2.75) is 13.5 Å². The maximum Gasteiger partial charge on any atom is 0.253 e. The number of phenolic OH excluding ortho intramolecular Hbond substituents is 1. The second-order valence-electron chi connectivity index (χ2n) is 4.17. The summed E-state index contributed by atoms with van der Waals surface area (Å²) in [7, 11) is 0. The van der Waals surface area contributed by atoms with Gasteiger partial charge in [0.2, 0.25) is 5.89 Å². The van der Waals surface area contributed by atoms with E-state index in [1.165, 1.54) is 0 Å². The second-order valence-corrected chi connectivity index (χ2v) is 4.17. The SMILES string of the molecule is Cc1nnc(COc2cc3ccccc3cc2O)o1. The van der Waals surface area contributed by atoms with E-state index in [0.29, 0.717) is 17.5 Å². The van der Waals surface area contributed by atoms with Crippen LogP contribution in [0.1, 0.15) is 11.8 Å². The van der Waals surface area contributed by atoms with E-state index in [1.54, 1.807) is 19.1 Å². The molecule has 3 rings (SSSR count). The van der Waals surface area contributed by atoms with Gasteiger partial charge in [-0.15, -0.1) is 10.2 Å². The van der Waals surface area contributed by atoms with Gasteiger partial charge in [0.15, 0.2) is 18.1 Å². The topological polar surface area (TPSA) is 68.4 Å². The number of aromatic nitrogens is 2. The van der Waals surface area contributed by atoms with Gasteiger partial charge in [0.25, 0.3) is 5.89 Å². The Morgan fingerprint density at radius 1 is 1.16 bits per heavy atom. The van der Waals surface area contributed by atoms with E-state index < -0.39 is 0 Å². The van der Waals surface area contributed by atoms with Crippen molar-refractivity contribution in [3.05, 3.63) is 48.2 Å². The number of aromatic hydroxyl groups is 1. The molecule has 0 fully saturated rings. The first-order valence-electron chi connectivity index (χ1n) is 5.86. The van der Waals surface area contributed by atoms with Crippen LogP contribution in [0.2, 0.25) is 0 Å². The molecular formula is C14H12N2O3. The van der Waals surface area contributed by atoms with E-state index >= 15 is 0 Å². The third-order valence-corrected chi connectivity index (χ3v) is 2.75. The normalized spacial score (nSPS) is 10.8. The minimum atomic E-state index is 0.0925. The number of ether oxygens (including phenoxy) is 1. The van der Waals surface area contributed by atoms with Crippen LogP contribution >= 0.6 is 0 Å². The van der Waals surface area contributed by atoms with Crippen molar-refractivity contribution >= 4 is 10.8 Å². The van der Waals surface area contributed by atoms with Crippen LogP contribution < -0.4 is 4.74 Å². The van der Waals surface area contributed by atoms with Crippen LogP contribution in [0.5, 0.6) is 11.5 Å². The highest BCUT2D eigenvalue weighted by Crippen LogP contribution is 2.31. The molecule has 0 spiro atoms. The zero-order chi connectivity index (χ0) is 13.2. The van der Waals surface area contributed by atoms with Crippen molar-refractivity contribution in [3.63, 3.8) is 0 Å². The fraction of sp³-hybridized carbons (Fsp3) is 0.143. The molecule has 0 unspecified atom stereocenters. The van der Waals surface area contributed by atoms with E-state index in [1.807, 2.05) is 24.3 Å². The Bertz CT molecular complexity index is 722. The van der Waals surface area contributed by atoms with E-state index in [9.17, 15) is 5.11 Å². The lowest BCUT2D eigenvalue weighted by Gasteiger charge is -2.07. The lowest BCUT2D eigenvalue weighted by Crippen LogP contribution is -1.96. The summed E-state index contributed by atoms with van der Waals surface area (Å²) in [5.74, 6) is 1.36.